The van der Waals surface area contributed by atoms with E-state index in [1.807, 2.05) is 32.6 Å². The van der Waals surface area contributed by atoms with Crippen molar-refractivity contribution in [2.45, 2.75) is 53.1 Å². The lowest BCUT2D eigenvalue weighted by Crippen LogP contribution is -2.28. The molecule has 1 aromatic carbocycles. The van der Waals surface area contributed by atoms with Crippen LogP contribution in [0.4, 0.5) is 17.6 Å². The molecule has 0 radical (unpaired) electrons. The van der Waals surface area contributed by atoms with Crippen LogP contribution in [0.25, 0.3) is 0 Å². The van der Waals surface area contributed by atoms with Gasteiger partial charge in [-0.25, -0.2) is 17.6 Å². The van der Waals surface area contributed by atoms with Crippen molar-refractivity contribution in [1.29, 1.82) is 0 Å². The first-order valence-corrected chi connectivity index (χ1v) is 14.1. The monoisotopic (exact) mass is 600 g/mol. The molecule has 7 nitrogen and oxygen atoms in total. The van der Waals surface area contributed by atoms with Crippen molar-refractivity contribution in [1.82, 2.24) is 24.6 Å². The van der Waals surface area contributed by atoms with Crippen LogP contribution in [0, 0.1) is 23.3 Å². The molecule has 0 spiro atoms. The first-order chi connectivity index (χ1) is 20.5. The summed E-state index contributed by atoms with van der Waals surface area (Å²) in [6.45, 7) is 20.3. The number of aliphatic hydroxyl groups excluding tert-OH is 1. The highest BCUT2D eigenvalue weighted by molar-refractivity contribution is 5.48. The number of aliphatic hydroxyl groups is 1. The third kappa shape index (κ3) is 9.04. The fourth-order valence-electron chi connectivity index (χ4n) is 4.65. The SMILES string of the molecule is C=NC(=C)/C(C(=C)N1CCC(c2ncc(F)cc2F)C1)=C(/O)N(Cc1cc(F)cc(F)c1)Cc1ccn(C)n1.CC.CC. The number of rotatable bonds is 10. The number of aryl methyl sites for hydroxylation is 1. The van der Waals surface area contributed by atoms with E-state index in [1.165, 1.54) is 17.0 Å². The van der Waals surface area contributed by atoms with Gasteiger partial charge in [-0.3, -0.25) is 14.7 Å². The minimum absolute atomic E-state index is 0.0778. The molecule has 1 saturated heterocycles. The van der Waals surface area contributed by atoms with Gasteiger partial charge in [-0.1, -0.05) is 40.9 Å². The molecule has 0 amide bonds. The number of benzene rings is 1. The topological polar surface area (TPSA) is 69.8 Å². The molecular formula is C32H40F4N6O. The second-order valence-corrected chi connectivity index (χ2v) is 9.32. The summed E-state index contributed by atoms with van der Waals surface area (Å²) in [5.41, 5.74) is 1.62. The quantitative estimate of drug-likeness (QED) is 0.114. The summed E-state index contributed by atoms with van der Waals surface area (Å²) in [6.07, 6.45) is 3.21. The first-order valence-electron chi connectivity index (χ1n) is 14.1. The van der Waals surface area contributed by atoms with Crippen LogP contribution in [0.3, 0.4) is 0 Å². The summed E-state index contributed by atoms with van der Waals surface area (Å²) in [7, 11) is 1.74. The fraction of sp³-hybridized carbons (Fsp3) is 0.344. The first kappa shape index (κ1) is 34.8. The molecule has 0 saturated carbocycles. The molecule has 4 rings (SSSR count). The van der Waals surface area contributed by atoms with Crippen molar-refractivity contribution < 1.29 is 22.7 Å². The van der Waals surface area contributed by atoms with Gasteiger partial charge < -0.3 is 14.9 Å². The van der Waals surface area contributed by atoms with Crippen LogP contribution in [-0.4, -0.2) is 49.5 Å². The molecule has 1 unspecified atom stereocenters. The van der Waals surface area contributed by atoms with Crippen molar-refractivity contribution in [3.63, 3.8) is 0 Å². The van der Waals surface area contributed by atoms with Crippen LogP contribution in [-0.2, 0) is 20.1 Å². The van der Waals surface area contributed by atoms with Gasteiger partial charge in [-0.15, -0.1) is 0 Å². The lowest BCUT2D eigenvalue weighted by Gasteiger charge is -2.29. The zero-order valence-electron chi connectivity index (χ0n) is 25.4. The molecule has 1 N–H and O–H groups in total. The Morgan fingerprint density at radius 1 is 1.02 bits per heavy atom. The largest absolute Gasteiger partial charge is 0.494 e. The van der Waals surface area contributed by atoms with Gasteiger partial charge in [0.25, 0.3) is 0 Å². The van der Waals surface area contributed by atoms with Gasteiger partial charge in [0.1, 0.15) is 23.3 Å². The Labute approximate surface area is 251 Å². The van der Waals surface area contributed by atoms with Crippen molar-refractivity contribution in [3.8, 4) is 0 Å². The Morgan fingerprint density at radius 2 is 1.67 bits per heavy atom. The van der Waals surface area contributed by atoms with Gasteiger partial charge >= 0.3 is 0 Å². The normalized spacial score (nSPS) is 14.5. The van der Waals surface area contributed by atoms with Crippen LogP contribution >= 0.6 is 0 Å². The molecule has 2 aromatic heterocycles. The number of likely N-dealkylation sites (tertiary alicyclic amines) is 1. The standard InChI is InChI=1S/C28H28F4N6O.2C2H6/c1-17(33-3)26(18(2)37-8-5-20(15-37)27-25(32)12-23(31)13-34-27)28(39)38(16-24-6-7-36(4)35-24)14-19-9-21(29)11-22(30)10-19;2*1-2/h6-7,9-13,20,39H,1-3,5,8,14-16H2,4H3;2*1-2H3/b28-26-;;. The number of hydrogen-bond donors (Lipinski definition) is 1. The van der Waals surface area contributed by atoms with Crippen molar-refractivity contribution in [2.75, 3.05) is 13.1 Å². The van der Waals surface area contributed by atoms with Crippen LogP contribution in [0.1, 0.15) is 57.0 Å². The molecule has 43 heavy (non-hydrogen) atoms. The molecule has 0 bridgehead atoms. The number of hydrogen-bond acceptors (Lipinski definition) is 6. The van der Waals surface area contributed by atoms with Crippen molar-refractivity contribution >= 4 is 6.72 Å². The van der Waals surface area contributed by atoms with E-state index in [9.17, 15) is 22.7 Å². The van der Waals surface area contributed by atoms with E-state index in [2.05, 4.69) is 35.0 Å². The minimum Gasteiger partial charge on any atom is -0.494 e. The highest BCUT2D eigenvalue weighted by Crippen LogP contribution is 2.34. The second kappa shape index (κ2) is 16.3. The molecule has 3 heterocycles. The molecular weight excluding hydrogens is 560 g/mol. The van der Waals surface area contributed by atoms with Gasteiger partial charge in [0.05, 0.1) is 35.4 Å². The van der Waals surface area contributed by atoms with E-state index in [-0.39, 0.29) is 47.4 Å². The Bertz CT molecular complexity index is 1430. The smallest absolute Gasteiger partial charge is 0.199 e. The maximum absolute atomic E-state index is 14.4. The molecule has 232 valence electrons. The maximum Gasteiger partial charge on any atom is 0.199 e. The highest BCUT2D eigenvalue weighted by atomic mass is 19.1. The average Bonchev–Trinajstić information content (AvgIpc) is 3.63. The number of pyridine rings is 1. The molecule has 1 atom stereocenters. The number of aliphatic imine (C=N–C) groups is 1. The molecule has 1 aliphatic rings. The van der Waals surface area contributed by atoms with E-state index in [1.54, 1.807) is 24.0 Å². The molecule has 11 heteroatoms. The van der Waals surface area contributed by atoms with Crippen LogP contribution in [0.15, 0.2) is 83.7 Å². The second-order valence-electron chi connectivity index (χ2n) is 9.32. The number of nitrogens with zero attached hydrogens (tertiary/aromatic N) is 6. The predicted molar refractivity (Wildman–Crippen MR) is 162 cm³/mol. The summed E-state index contributed by atoms with van der Waals surface area (Å²) in [5, 5.41) is 15.9. The Morgan fingerprint density at radius 3 is 2.23 bits per heavy atom. The molecule has 3 aromatic rings. The highest BCUT2D eigenvalue weighted by Gasteiger charge is 2.31. The van der Waals surface area contributed by atoms with Crippen LogP contribution in [0.2, 0.25) is 0 Å². The Balaban J connectivity index is 0.00000155. The average molecular weight is 601 g/mol. The lowest BCUT2D eigenvalue weighted by molar-refractivity contribution is 0.180. The van der Waals surface area contributed by atoms with E-state index in [0.717, 1.165) is 18.3 Å². The zero-order valence-corrected chi connectivity index (χ0v) is 25.4. The lowest BCUT2D eigenvalue weighted by atomic mass is 10.0. The van der Waals surface area contributed by atoms with E-state index in [0.29, 0.717) is 30.9 Å². The number of aromatic nitrogens is 3. The summed E-state index contributed by atoms with van der Waals surface area (Å²) >= 11 is 0. The fourth-order valence-corrected chi connectivity index (χ4v) is 4.65. The van der Waals surface area contributed by atoms with Crippen molar-refractivity contribution in [2.24, 2.45) is 12.0 Å². The maximum atomic E-state index is 14.4. The molecule has 1 aliphatic heterocycles. The summed E-state index contributed by atoms with van der Waals surface area (Å²) in [5.74, 6) is -3.63. The van der Waals surface area contributed by atoms with Gasteiger partial charge in [0.15, 0.2) is 5.88 Å². The molecule has 1 fully saturated rings. The molecule has 0 aliphatic carbocycles. The third-order valence-electron chi connectivity index (χ3n) is 6.50. The third-order valence-corrected chi connectivity index (χ3v) is 6.50. The minimum atomic E-state index is -0.759. The summed E-state index contributed by atoms with van der Waals surface area (Å²) < 4.78 is 57.2. The van der Waals surface area contributed by atoms with Crippen LogP contribution in [0.5, 0.6) is 0 Å². The van der Waals surface area contributed by atoms with E-state index < -0.39 is 23.3 Å². The zero-order chi connectivity index (χ0) is 32.3. The predicted octanol–water partition coefficient (Wildman–Crippen LogP) is 7.41. The summed E-state index contributed by atoms with van der Waals surface area (Å²) in [6, 6.07) is 5.65. The Kier molecular flexibility index (Phi) is 13.2. The van der Waals surface area contributed by atoms with Gasteiger partial charge in [-0.2, -0.15) is 5.10 Å². The van der Waals surface area contributed by atoms with Crippen molar-refractivity contribution in [3.05, 3.63) is 119 Å². The van der Waals surface area contributed by atoms with Gasteiger partial charge in [-0.05, 0) is 36.9 Å². The van der Waals surface area contributed by atoms with Crippen LogP contribution < -0.4 is 0 Å². The Hall–Kier alpha value is -4.41. The number of halogens is 4. The van der Waals surface area contributed by atoms with E-state index in [4.69, 9.17) is 0 Å². The van der Waals surface area contributed by atoms with Gasteiger partial charge in [0.2, 0.25) is 0 Å². The van der Waals surface area contributed by atoms with Gasteiger partial charge in [0, 0.05) is 56.6 Å². The summed E-state index contributed by atoms with van der Waals surface area (Å²) in [4.78, 5) is 11.1. The van der Waals surface area contributed by atoms with E-state index >= 15 is 0 Å².